The zero-order valence-corrected chi connectivity index (χ0v) is 10.0. The SMILES string of the molecule is COc1ccc(CC=C2CCCCC2)cc1. The number of rotatable bonds is 3. The van der Waals surface area contributed by atoms with E-state index in [0.717, 1.165) is 12.2 Å². The summed E-state index contributed by atoms with van der Waals surface area (Å²) in [5.41, 5.74) is 3.03. The maximum absolute atomic E-state index is 5.15. The molecule has 1 aliphatic rings. The van der Waals surface area contributed by atoms with Crippen LogP contribution >= 0.6 is 0 Å². The van der Waals surface area contributed by atoms with Gasteiger partial charge in [0.15, 0.2) is 0 Å². The quantitative estimate of drug-likeness (QED) is 0.690. The van der Waals surface area contributed by atoms with E-state index in [1.165, 1.54) is 37.7 Å². The first-order valence-corrected chi connectivity index (χ1v) is 6.19. The second-order valence-corrected chi connectivity index (χ2v) is 4.48. The van der Waals surface area contributed by atoms with Crippen LogP contribution in [0, 0.1) is 0 Å². The molecule has 1 aliphatic carbocycles. The molecule has 0 heterocycles. The van der Waals surface area contributed by atoms with Gasteiger partial charge in [-0.05, 0) is 49.8 Å². The van der Waals surface area contributed by atoms with E-state index in [2.05, 4.69) is 18.2 Å². The third-order valence-electron chi connectivity index (χ3n) is 3.28. The number of methoxy groups -OCH3 is 1. The van der Waals surface area contributed by atoms with Crippen LogP contribution in [0.2, 0.25) is 0 Å². The molecule has 1 aromatic rings. The average Bonchev–Trinajstić information content (AvgIpc) is 2.38. The molecule has 0 radical (unpaired) electrons. The largest absolute Gasteiger partial charge is 0.497 e. The van der Waals surface area contributed by atoms with Crippen LogP contribution in [0.4, 0.5) is 0 Å². The molecule has 0 atom stereocenters. The number of allylic oxidation sites excluding steroid dienone is 2. The van der Waals surface area contributed by atoms with Crippen molar-refractivity contribution in [2.24, 2.45) is 0 Å². The van der Waals surface area contributed by atoms with E-state index < -0.39 is 0 Å². The fraction of sp³-hybridized carbons (Fsp3) is 0.467. The van der Waals surface area contributed by atoms with Crippen molar-refractivity contribution in [3.63, 3.8) is 0 Å². The molecule has 0 unspecified atom stereocenters. The summed E-state index contributed by atoms with van der Waals surface area (Å²) in [6.07, 6.45) is 10.3. The van der Waals surface area contributed by atoms with Gasteiger partial charge in [0.25, 0.3) is 0 Å². The molecule has 0 saturated heterocycles. The molecule has 1 heteroatoms. The number of ether oxygens (including phenoxy) is 1. The van der Waals surface area contributed by atoms with Gasteiger partial charge in [0.1, 0.15) is 5.75 Å². The van der Waals surface area contributed by atoms with Crippen LogP contribution in [0.25, 0.3) is 0 Å². The van der Waals surface area contributed by atoms with E-state index in [1.54, 1.807) is 12.7 Å². The van der Waals surface area contributed by atoms with E-state index in [-0.39, 0.29) is 0 Å². The molecule has 0 N–H and O–H groups in total. The highest BCUT2D eigenvalue weighted by Crippen LogP contribution is 2.23. The summed E-state index contributed by atoms with van der Waals surface area (Å²) in [5.74, 6) is 0.939. The van der Waals surface area contributed by atoms with Gasteiger partial charge in [0, 0.05) is 0 Å². The standard InChI is InChI=1S/C15H20O/c1-16-15-11-9-14(10-12-15)8-7-13-5-3-2-4-6-13/h7,9-12H,2-6,8H2,1H3. The zero-order valence-electron chi connectivity index (χ0n) is 10.0. The van der Waals surface area contributed by atoms with Crippen LogP contribution in [0.15, 0.2) is 35.9 Å². The Balaban J connectivity index is 1.92. The summed E-state index contributed by atoms with van der Waals surface area (Å²) >= 11 is 0. The van der Waals surface area contributed by atoms with Crippen molar-refractivity contribution in [3.05, 3.63) is 41.5 Å². The van der Waals surface area contributed by atoms with Crippen LogP contribution in [0.3, 0.4) is 0 Å². The minimum absolute atomic E-state index is 0.939. The van der Waals surface area contributed by atoms with Crippen LogP contribution in [0.5, 0.6) is 5.75 Å². The Morgan fingerprint density at radius 1 is 1.06 bits per heavy atom. The second-order valence-electron chi connectivity index (χ2n) is 4.48. The highest BCUT2D eigenvalue weighted by molar-refractivity contribution is 5.28. The third-order valence-corrected chi connectivity index (χ3v) is 3.28. The number of benzene rings is 1. The van der Waals surface area contributed by atoms with Crippen LogP contribution in [-0.2, 0) is 6.42 Å². The van der Waals surface area contributed by atoms with Gasteiger partial charge in [-0.3, -0.25) is 0 Å². The second kappa shape index (κ2) is 5.74. The molecule has 1 aromatic carbocycles. The Labute approximate surface area is 98.1 Å². The first kappa shape index (κ1) is 11.3. The van der Waals surface area contributed by atoms with Gasteiger partial charge in [-0.15, -0.1) is 0 Å². The molecule has 0 bridgehead atoms. The molecule has 2 rings (SSSR count). The Morgan fingerprint density at radius 3 is 2.38 bits per heavy atom. The first-order chi connectivity index (χ1) is 7.88. The normalized spacial score (nSPS) is 15.9. The van der Waals surface area contributed by atoms with E-state index in [4.69, 9.17) is 4.74 Å². The smallest absolute Gasteiger partial charge is 0.118 e. The molecule has 0 amide bonds. The minimum atomic E-state index is 0.939. The lowest BCUT2D eigenvalue weighted by molar-refractivity contribution is 0.414. The highest BCUT2D eigenvalue weighted by Gasteiger charge is 2.04. The van der Waals surface area contributed by atoms with Gasteiger partial charge < -0.3 is 4.74 Å². The van der Waals surface area contributed by atoms with Crippen molar-refractivity contribution in [2.45, 2.75) is 38.5 Å². The summed E-state index contributed by atoms with van der Waals surface area (Å²) < 4.78 is 5.15. The Bertz CT molecular complexity index is 340. The maximum Gasteiger partial charge on any atom is 0.118 e. The lowest BCUT2D eigenvalue weighted by Gasteiger charge is -2.13. The highest BCUT2D eigenvalue weighted by atomic mass is 16.5. The molecular formula is C15H20O. The third kappa shape index (κ3) is 3.13. The molecular weight excluding hydrogens is 196 g/mol. The van der Waals surface area contributed by atoms with E-state index in [0.29, 0.717) is 0 Å². The average molecular weight is 216 g/mol. The summed E-state index contributed by atoms with van der Waals surface area (Å²) in [6, 6.07) is 8.38. The molecule has 1 nitrogen and oxygen atoms in total. The Morgan fingerprint density at radius 2 is 1.75 bits per heavy atom. The first-order valence-electron chi connectivity index (χ1n) is 6.19. The molecule has 1 fully saturated rings. The maximum atomic E-state index is 5.15. The fourth-order valence-corrected chi connectivity index (χ4v) is 2.23. The van der Waals surface area contributed by atoms with Crippen molar-refractivity contribution in [3.8, 4) is 5.75 Å². The van der Waals surface area contributed by atoms with Crippen LogP contribution in [-0.4, -0.2) is 7.11 Å². The summed E-state index contributed by atoms with van der Waals surface area (Å²) in [4.78, 5) is 0. The Kier molecular flexibility index (Phi) is 4.03. The van der Waals surface area contributed by atoms with E-state index in [9.17, 15) is 0 Å². The molecule has 1 saturated carbocycles. The van der Waals surface area contributed by atoms with Gasteiger partial charge in [-0.1, -0.05) is 30.2 Å². The molecule has 16 heavy (non-hydrogen) atoms. The van der Waals surface area contributed by atoms with Crippen molar-refractivity contribution in [1.29, 1.82) is 0 Å². The summed E-state index contributed by atoms with van der Waals surface area (Å²) in [6.45, 7) is 0. The number of hydrogen-bond acceptors (Lipinski definition) is 1. The van der Waals surface area contributed by atoms with Crippen molar-refractivity contribution in [1.82, 2.24) is 0 Å². The van der Waals surface area contributed by atoms with Crippen LogP contribution in [0.1, 0.15) is 37.7 Å². The van der Waals surface area contributed by atoms with Crippen molar-refractivity contribution < 1.29 is 4.74 Å². The monoisotopic (exact) mass is 216 g/mol. The predicted molar refractivity (Wildman–Crippen MR) is 67.9 cm³/mol. The van der Waals surface area contributed by atoms with Gasteiger partial charge in [-0.2, -0.15) is 0 Å². The molecule has 0 aliphatic heterocycles. The molecule has 0 spiro atoms. The Hall–Kier alpha value is -1.24. The van der Waals surface area contributed by atoms with Gasteiger partial charge >= 0.3 is 0 Å². The molecule has 86 valence electrons. The van der Waals surface area contributed by atoms with Gasteiger partial charge in [-0.25, -0.2) is 0 Å². The summed E-state index contributed by atoms with van der Waals surface area (Å²) in [7, 11) is 1.71. The number of hydrogen-bond donors (Lipinski definition) is 0. The van der Waals surface area contributed by atoms with E-state index in [1.807, 2.05) is 12.1 Å². The lowest BCUT2D eigenvalue weighted by atomic mass is 9.93. The predicted octanol–water partition coefficient (Wildman–Crippen LogP) is 4.13. The minimum Gasteiger partial charge on any atom is -0.497 e. The van der Waals surface area contributed by atoms with Crippen molar-refractivity contribution >= 4 is 0 Å². The summed E-state index contributed by atoms with van der Waals surface area (Å²) in [5, 5.41) is 0. The van der Waals surface area contributed by atoms with Crippen LogP contribution < -0.4 is 4.74 Å². The zero-order chi connectivity index (χ0) is 11.2. The van der Waals surface area contributed by atoms with E-state index >= 15 is 0 Å². The fourth-order valence-electron chi connectivity index (χ4n) is 2.23. The molecule has 0 aromatic heterocycles. The topological polar surface area (TPSA) is 9.23 Å². The van der Waals surface area contributed by atoms with Crippen molar-refractivity contribution in [2.75, 3.05) is 7.11 Å². The lowest BCUT2D eigenvalue weighted by Crippen LogP contribution is -1.94. The van der Waals surface area contributed by atoms with Gasteiger partial charge in [0.2, 0.25) is 0 Å². The van der Waals surface area contributed by atoms with Gasteiger partial charge in [0.05, 0.1) is 7.11 Å².